The van der Waals surface area contributed by atoms with E-state index in [1.165, 1.54) is 0 Å². The molecule has 0 radical (unpaired) electrons. The first-order valence-electron chi connectivity index (χ1n) is 5.04. The summed E-state index contributed by atoms with van der Waals surface area (Å²) in [6.07, 6.45) is 4.22. The molecule has 1 aromatic heterocycles. The average molecular weight is 211 g/mol. The number of aromatic nitrogens is 2. The highest BCUT2D eigenvalue weighted by atomic mass is 16.5. The second kappa shape index (κ2) is 7.00. The zero-order valence-corrected chi connectivity index (χ0v) is 9.19. The van der Waals surface area contributed by atoms with Crippen molar-refractivity contribution in [2.75, 3.05) is 32.2 Å². The molecule has 0 saturated carbocycles. The number of methoxy groups -OCH3 is 1. The van der Waals surface area contributed by atoms with E-state index in [4.69, 9.17) is 9.47 Å². The van der Waals surface area contributed by atoms with E-state index >= 15 is 0 Å². The fourth-order valence-electron chi connectivity index (χ4n) is 1.03. The smallest absolute Gasteiger partial charge is 0.222 e. The van der Waals surface area contributed by atoms with Crippen LogP contribution >= 0.6 is 0 Å². The first kappa shape index (κ1) is 11.7. The second-order valence-electron chi connectivity index (χ2n) is 2.92. The van der Waals surface area contributed by atoms with Crippen molar-refractivity contribution < 1.29 is 9.47 Å². The summed E-state index contributed by atoms with van der Waals surface area (Å²) in [6, 6.07) is 0. The monoisotopic (exact) mass is 211 g/mol. The van der Waals surface area contributed by atoms with Gasteiger partial charge in [0.2, 0.25) is 5.95 Å². The lowest BCUT2D eigenvalue weighted by Crippen LogP contribution is -2.08. The minimum atomic E-state index is 0.618. The van der Waals surface area contributed by atoms with Crippen LogP contribution in [0.3, 0.4) is 0 Å². The van der Waals surface area contributed by atoms with E-state index in [2.05, 4.69) is 15.3 Å². The lowest BCUT2D eigenvalue weighted by Gasteiger charge is -2.05. The van der Waals surface area contributed by atoms with Gasteiger partial charge in [-0.3, -0.25) is 0 Å². The summed E-state index contributed by atoms with van der Waals surface area (Å²) >= 11 is 0. The predicted molar refractivity (Wildman–Crippen MR) is 58.2 cm³/mol. The molecule has 1 heterocycles. The van der Waals surface area contributed by atoms with Gasteiger partial charge in [0.05, 0.1) is 19.5 Å². The third-order valence-electron chi connectivity index (χ3n) is 1.82. The molecule has 5 heteroatoms. The van der Waals surface area contributed by atoms with Crippen molar-refractivity contribution >= 4 is 5.95 Å². The third-order valence-corrected chi connectivity index (χ3v) is 1.82. The highest BCUT2D eigenvalue weighted by molar-refractivity contribution is 5.26. The Kier molecular flexibility index (Phi) is 5.47. The molecule has 0 aliphatic heterocycles. The van der Waals surface area contributed by atoms with Gasteiger partial charge in [-0.15, -0.1) is 0 Å². The molecule has 15 heavy (non-hydrogen) atoms. The van der Waals surface area contributed by atoms with Crippen molar-refractivity contribution in [2.24, 2.45) is 0 Å². The van der Waals surface area contributed by atoms with Crippen molar-refractivity contribution in [3.8, 4) is 5.75 Å². The summed E-state index contributed by atoms with van der Waals surface area (Å²) < 4.78 is 10.2. The van der Waals surface area contributed by atoms with Crippen LogP contribution in [-0.2, 0) is 4.74 Å². The number of hydrogen-bond donors (Lipinski definition) is 1. The zero-order chi connectivity index (χ0) is 10.9. The molecule has 0 aromatic carbocycles. The van der Waals surface area contributed by atoms with Gasteiger partial charge in [0.1, 0.15) is 0 Å². The van der Waals surface area contributed by atoms with E-state index in [0.29, 0.717) is 11.7 Å². The van der Waals surface area contributed by atoms with Gasteiger partial charge in [-0.1, -0.05) is 0 Å². The first-order valence-corrected chi connectivity index (χ1v) is 5.04. The van der Waals surface area contributed by atoms with Crippen LogP contribution in [0.2, 0.25) is 0 Å². The van der Waals surface area contributed by atoms with Crippen molar-refractivity contribution in [1.29, 1.82) is 0 Å². The second-order valence-corrected chi connectivity index (χ2v) is 2.92. The highest BCUT2D eigenvalue weighted by Crippen LogP contribution is 2.06. The van der Waals surface area contributed by atoms with Gasteiger partial charge < -0.3 is 14.8 Å². The Morgan fingerprint density at radius 3 is 2.67 bits per heavy atom. The Morgan fingerprint density at radius 2 is 2.07 bits per heavy atom. The maximum atomic E-state index is 5.21. The van der Waals surface area contributed by atoms with Crippen molar-refractivity contribution in [3.63, 3.8) is 0 Å². The molecule has 0 bridgehead atoms. The normalized spacial score (nSPS) is 10.0. The van der Waals surface area contributed by atoms with E-state index in [9.17, 15) is 0 Å². The Labute approximate surface area is 89.8 Å². The van der Waals surface area contributed by atoms with Crippen LogP contribution in [0, 0.1) is 0 Å². The quantitative estimate of drug-likeness (QED) is 0.689. The van der Waals surface area contributed by atoms with Crippen LogP contribution in [0.5, 0.6) is 5.75 Å². The van der Waals surface area contributed by atoms with Crippen LogP contribution in [0.25, 0.3) is 0 Å². The van der Waals surface area contributed by atoms with Crippen LogP contribution in [-0.4, -0.2) is 36.8 Å². The van der Waals surface area contributed by atoms with Gasteiger partial charge in [0, 0.05) is 19.8 Å². The van der Waals surface area contributed by atoms with Crippen molar-refractivity contribution in [2.45, 2.75) is 13.3 Å². The Morgan fingerprint density at radius 1 is 1.33 bits per heavy atom. The molecule has 0 aliphatic rings. The standard InChI is InChI=1S/C10H17N3O2/c1-3-15-6-4-5-11-10-12-7-9(14-2)8-13-10/h7-8H,3-6H2,1-2H3,(H,11,12,13). The molecule has 0 spiro atoms. The van der Waals surface area contributed by atoms with Gasteiger partial charge in [-0.25, -0.2) is 9.97 Å². The molecular formula is C10H17N3O2. The van der Waals surface area contributed by atoms with E-state index < -0.39 is 0 Å². The van der Waals surface area contributed by atoms with Gasteiger partial charge in [0.15, 0.2) is 5.75 Å². The summed E-state index contributed by atoms with van der Waals surface area (Å²) in [5.74, 6) is 1.28. The van der Waals surface area contributed by atoms with Crippen LogP contribution < -0.4 is 10.1 Å². The molecule has 1 aromatic rings. The predicted octanol–water partition coefficient (Wildman–Crippen LogP) is 1.32. The fourth-order valence-corrected chi connectivity index (χ4v) is 1.03. The fraction of sp³-hybridized carbons (Fsp3) is 0.600. The van der Waals surface area contributed by atoms with E-state index in [-0.39, 0.29) is 0 Å². The first-order chi connectivity index (χ1) is 7.36. The summed E-state index contributed by atoms with van der Waals surface area (Å²) in [6.45, 7) is 4.32. The van der Waals surface area contributed by atoms with Crippen LogP contribution in [0.4, 0.5) is 5.95 Å². The van der Waals surface area contributed by atoms with Crippen molar-refractivity contribution in [3.05, 3.63) is 12.4 Å². The Balaban J connectivity index is 2.20. The molecule has 0 saturated heterocycles. The molecule has 0 aliphatic carbocycles. The minimum absolute atomic E-state index is 0.618. The number of nitrogens with zero attached hydrogens (tertiary/aromatic N) is 2. The zero-order valence-electron chi connectivity index (χ0n) is 9.19. The molecule has 0 unspecified atom stereocenters. The summed E-state index contributed by atoms with van der Waals surface area (Å²) in [5.41, 5.74) is 0. The van der Waals surface area contributed by atoms with Gasteiger partial charge in [-0.2, -0.15) is 0 Å². The third kappa shape index (κ3) is 4.60. The Hall–Kier alpha value is -1.36. The summed E-state index contributed by atoms with van der Waals surface area (Å²) in [4.78, 5) is 8.16. The average Bonchev–Trinajstić information content (AvgIpc) is 2.30. The van der Waals surface area contributed by atoms with E-state index in [1.807, 2.05) is 6.92 Å². The highest BCUT2D eigenvalue weighted by Gasteiger charge is 1.95. The lowest BCUT2D eigenvalue weighted by molar-refractivity contribution is 0.147. The summed E-state index contributed by atoms with van der Waals surface area (Å²) in [5, 5.41) is 3.10. The van der Waals surface area contributed by atoms with Crippen LogP contribution in [0.15, 0.2) is 12.4 Å². The number of hydrogen-bond acceptors (Lipinski definition) is 5. The maximum absolute atomic E-state index is 5.21. The number of nitrogens with one attached hydrogen (secondary N) is 1. The molecular weight excluding hydrogens is 194 g/mol. The molecule has 1 rings (SSSR count). The van der Waals surface area contributed by atoms with E-state index in [0.717, 1.165) is 26.2 Å². The molecule has 0 fully saturated rings. The summed E-state index contributed by atoms with van der Waals surface area (Å²) in [7, 11) is 1.59. The molecule has 0 amide bonds. The largest absolute Gasteiger partial charge is 0.494 e. The minimum Gasteiger partial charge on any atom is -0.494 e. The Bertz CT molecular complexity index is 264. The van der Waals surface area contributed by atoms with Crippen LogP contribution in [0.1, 0.15) is 13.3 Å². The number of anilines is 1. The number of rotatable bonds is 7. The number of ether oxygens (including phenoxy) is 2. The molecule has 1 N–H and O–H groups in total. The molecule has 0 atom stereocenters. The van der Waals surface area contributed by atoms with Gasteiger partial charge >= 0.3 is 0 Å². The molecule has 5 nitrogen and oxygen atoms in total. The topological polar surface area (TPSA) is 56.3 Å². The maximum Gasteiger partial charge on any atom is 0.222 e. The SMILES string of the molecule is CCOCCCNc1ncc(OC)cn1. The molecule has 84 valence electrons. The lowest BCUT2D eigenvalue weighted by atomic mass is 10.4. The van der Waals surface area contributed by atoms with Gasteiger partial charge in [-0.05, 0) is 13.3 Å². The van der Waals surface area contributed by atoms with Crippen molar-refractivity contribution in [1.82, 2.24) is 9.97 Å². The van der Waals surface area contributed by atoms with Gasteiger partial charge in [0.25, 0.3) is 0 Å². The van der Waals surface area contributed by atoms with E-state index in [1.54, 1.807) is 19.5 Å².